The summed E-state index contributed by atoms with van der Waals surface area (Å²) in [5.41, 5.74) is 6.37. The number of halogens is 2. The van der Waals surface area contributed by atoms with Crippen LogP contribution in [0.15, 0.2) is 36.4 Å². The first-order valence-corrected chi connectivity index (χ1v) is 11.2. The van der Waals surface area contributed by atoms with Crippen molar-refractivity contribution in [2.75, 3.05) is 0 Å². The van der Waals surface area contributed by atoms with Crippen LogP contribution in [0.4, 0.5) is 0 Å². The number of unbranched alkanes of at least 4 members (excludes halogenated alkanes) is 4. The minimum atomic E-state index is 0. The normalized spacial score (nSPS) is 9.52. The smallest absolute Gasteiger partial charge is 1.00 e. The van der Waals surface area contributed by atoms with Crippen molar-refractivity contribution in [3.05, 3.63) is 58.7 Å². The summed E-state index contributed by atoms with van der Waals surface area (Å²) in [6, 6.07) is 13.6. The fraction of sp³-hybridized carbons (Fsp3) is 0.615. The molecule has 0 radical (unpaired) electrons. The van der Waals surface area contributed by atoms with E-state index in [4.69, 9.17) is 0 Å². The van der Waals surface area contributed by atoms with Crippen molar-refractivity contribution >= 4 is 0 Å². The van der Waals surface area contributed by atoms with Crippen molar-refractivity contribution in [3.63, 3.8) is 0 Å². The molecule has 0 aliphatic rings. The van der Waals surface area contributed by atoms with Crippen LogP contribution in [0, 0.1) is 0 Å². The second-order valence-electron chi connectivity index (χ2n) is 7.57. The van der Waals surface area contributed by atoms with Gasteiger partial charge in [0.1, 0.15) is 0 Å². The number of rotatable bonds is 12. The molecule has 0 amide bonds. The van der Waals surface area contributed by atoms with Crippen LogP contribution in [0.2, 0.25) is 0 Å². The number of aryl methyl sites for hydroxylation is 4. The number of hydrogen-bond donors (Lipinski definition) is 0. The van der Waals surface area contributed by atoms with Gasteiger partial charge in [0.25, 0.3) is 0 Å². The van der Waals surface area contributed by atoms with Gasteiger partial charge in [0.05, 0.1) is 0 Å². The molecule has 2 aromatic rings. The predicted molar refractivity (Wildman–Crippen MR) is 119 cm³/mol. The van der Waals surface area contributed by atoms with E-state index < -0.39 is 0 Å². The van der Waals surface area contributed by atoms with E-state index >= 15 is 0 Å². The predicted octanol–water partition coefficient (Wildman–Crippen LogP) is 2.19. The van der Waals surface area contributed by atoms with Gasteiger partial charge in [0, 0.05) is 0 Å². The fourth-order valence-electron chi connectivity index (χ4n) is 3.43. The van der Waals surface area contributed by atoms with Crippen LogP contribution in [0.25, 0.3) is 0 Å². The Kier molecular flexibility index (Phi) is 26.6. The van der Waals surface area contributed by atoms with E-state index in [1.807, 2.05) is 0 Å². The van der Waals surface area contributed by atoms with E-state index in [0.29, 0.717) is 0 Å². The maximum Gasteiger partial charge on any atom is 4.00 e. The zero-order valence-electron chi connectivity index (χ0n) is 19.2. The van der Waals surface area contributed by atoms with Crippen molar-refractivity contribution in [1.29, 1.82) is 0 Å². The summed E-state index contributed by atoms with van der Waals surface area (Å²) in [6.07, 6.45) is 15.7. The molecule has 0 N–H and O–H groups in total. The van der Waals surface area contributed by atoms with Gasteiger partial charge in [-0.15, -0.1) is 0 Å². The molecule has 29 heavy (non-hydrogen) atoms. The van der Waals surface area contributed by atoms with Crippen LogP contribution in [0.5, 0.6) is 0 Å². The second-order valence-corrected chi connectivity index (χ2v) is 7.57. The Labute approximate surface area is 213 Å². The molecule has 3 heteroatoms. The average Bonchev–Trinajstić information content (AvgIpc) is 3.30. The van der Waals surface area contributed by atoms with Gasteiger partial charge in [-0.1, -0.05) is 105 Å². The van der Waals surface area contributed by atoms with E-state index in [2.05, 4.69) is 64.1 Å². The first-order valence-electron chi connectivity index (χ1n) is 11.2. The zero-order valence-corrected chi connectivity index (χ0v) is 24.3. The Morgan fingerprint density at radius 3 is 1.24 bits per heavy atom. The van der Waals surface area contributed by atoms with Crippen LogP contribution >= 0.6 is 0 Å². The molecule has 0 fully saturated rings. The van der Waals surface area contributed by atoms with Gasteiger partial charge in [-0.3, -0.25) is 0 Å². The second kappa shape index (κ2) is 22.8. The minimum absolute atomic E-state index is 0. The Morgan fingerprint density at radius 2 is 0.931 bits per heavy atom. The minimum Gasteiger partial charge on any atom is -1.00 e. The molecule has 2 aromatic carbocycles. The molecule has 0 heterocycles. The SMILES string of the molecule is CCCCc1ccc[c-]1CCCC.CCCCc1ccc[c-]1CCCC.[Cl-].[Cl-].[Hf+4]. The van der Waals surface area contributed by atoms with Crippen LogP contribution in [-0.2, 0) is 51.5 Å². The third-order valence-electron chi connectivity index (χ3n) is 5.21. The van der Waals surface area contributed by atoms with Crippen molar-refractivity contribution in [2.24, 2.45) is 0 Å². The first-order chi connectivity index (χ1) is 12.8. The van der Waals surface area contributed by atoms with Gasteiger partial charge in [-0.2, -0.15) is 34.4 Å². The third kappa shape index (κ3) is 14.7. The molecule has 0 aliphatic heterocycles. The molecule has 2 rings (SSSR count). The quantitative estimate of drug-likeness (QED) is 0.258. The molecule has 0 bridgehead atoms. The molecular formula is C26H42Cl2Hf. The van der Waals surface area contributed by atoms with Crippen LogP contribution in [0.1, 0.15) is 101 Å². The molecule has 0 atom stereocenters. The van der Waals surface area contributed by atoms with E-state index in [1.165, 1.54) is 77.0 Å². The Balaban J connectivity index is -0.000000422. The van der Waals surface area contributed by atoms with Gasteiger partial charge in [0.2, 0.25) is 0 Å². The summed E-state index contributed by atoms with van der Waals surface area (Å²) in [6.45, 7) is 9.03. The van der Waals surface area contributed by atoms with Crippen molar-refractivity contribution in [1.82, 2.24) is 0 Å². The van der Waals surface area contributed by atoms with Crippen molar-refractivity contribution in [2.45, 2.75) is 105 Å². The Bertz CT molecular complexity index is 461. The molecular weight excluding hydrogens is 562 g/mol. The Morgan fingerprint density at radius 1 is 0.586 bits per heavy atom. The largest absolute Gasteiger partial charge is 4.00 e. The summed E-state index contributed by atoms with van der Waals surface area (Å²) in [4.78, 5) is 0. The summed E-state index contributed by atoms with van der Waals surface area (Å²) < 4.78 is 0. The molecule has 0 saturated heterocycles. The third-order valence-corrected chi connectivity index (χ3v) is 5.21. The summed E-state index contributed by atoms with van der Waals surface area (Å²) in [5, 5.41) is 0. The first kappa shape index (κ1) is 33.8. The zero-order chi connectivity index (χ0) is 19.0. The standard InChI is InChI=1S/2C13H21.2ClH.Hf/c2*1-3-5-8-12-10-7-11-13(12)9-6-4-2;;;/h2*7,10-11H,3-6,8-9H2,1-2H3;2*1H;/q2*-1;;;+4/p-2. The monoisotopic (exact) mass is 604 g/mol. The summed E-state index contributed by atoms with van der Waals surface area (Å²) in [5.74, 6) is 0. The van der Waals surface area contributed by atoms with Gasteiger partial charge < -0.3 is 24.8 Å². The molecule has 164 valence electrons. The van der Waals surface area contributed by atoms with Gasteiger partial charge >= 0.3 is 25.8 Å². The van der Waals surface area contributed by atoms with E-state index in [0.717, 1.165) is 0 Å². The molecule has 0 saturated carbocycles. The van der Waals surface area contributed by atoms with Crippen LogP contribution in [-0.4, -0.2) is 0 Å². The maximum atomic E-state index is 2.29. The van der Waals surface area contributed by atoms with Crippen molar-refractivity contribution < 1.29 is 50.7 Å². The molecule has 0 unspecified atom stereocenters. The number of hydrogen-bond acceptors (Lipinski definition) is 0. The van der Waals surface area contributed by atoms with Gasteiger partial charge in [-0.25, -0.2) is 24.3 Å². The van der Waals surface area contributed by atoms with Gasteiger partial charge in [0.15, 0.2) is 0 Å². The maximum absolute atomic E-state index is 2.29. The fourth-order valence-corrected chi connectivity index (χ4v) is 3.43. The molecule has 0 nitrogen and oxygen atoms in total. The molecule has 0 spiro atoms. The molecule has 0 aromatic heterocycles. The topological polar surface area (TPSA) is 0 Å². The van der Waals surface area contributed by atoms with E-state index in [1.54, 1.807) is 22.3 Å². The van der Waals surface area contributed by atoms with Crippen molar-refractivity contribution in [3.8, 4) is 0 Å². The molecule has 0 aliphatic carbocycles. The van der Waals surface area contributed by atoms with Crippen LogP contribution in [0.3, 0.4) is 0 Å². The van der Waals surface area contributed by atoms with E-state index in [-0.39, 0.29) is 50.7 Å². The average molecular weight is 604 g/mol. The van der Waals surface area contributed by atoms with Gasteiger partial charge in [-0.05, 0) is 0 Å². The van der Waals surface area contributed by atoms with E-state index in [9.17, 15) is 0 Å². The van der Waals surface area contributed by atoms with Crippen LogP contribution < -0.4 is 24.8 Å². The Hall–Kier alpha value is 0.150. The summed E-state index contributed by atoms with van der Waals surface area (Å²) in [7, 11) is 0. The summed E-state index contributed by atoms with van der Waals surface area (Å²) >= 11 is 0.